The Balaban J connectivity index is 1.35. The SMILES string of the molecule is O=C(c1cc(F)ccc1F)N1CCN(Cc2nc(-c3ccc(Cl)cc3)no2)CC1. The minimum absolute atomic E-state index is 0.247. The lowest BCUT2D eigenvalue weighted by Gasteiger charge is -2.34. The second-order valence-corrected chi connectivity index (χ2v) is 7.15. The van der Waals surface area contributed by atoms with Gasteiger partial charge in [-0.3, -0.25) is 9.69 Å². The van der Waals surface area contributed by atoms with Gasteiger partial charge in [0, 0.05) is 36.8 Å². The standard InChI is InChI=1S/C20H17ClF2N4O2/c21-14-3-1-13(2-4-14)19-24-18(29-25-19)12-26-7-9-27(10-8-26)20(28)16-11-15(22)5-6-17(16)23/h1-6,11H,7-10,12H2. The van der Waals surface area contributed by atoms with E-state index in [4.69, 9.17) is 16.1 Å². The maximum atomic E-state index is 13.8. The van der Waals surface area contributed by atoms with Gasteiger partial charge in [0.25, 0.3) is 5.91 Å². The van der Waals surface area contributed by atoms with E-state index in [0.717, 1.165) is 23.8 Å². The van der Waals surface area contributed by atoms with Crippen LogP contribution in [0.15, 0.2) is 47.0 Å². The summed E-state index contributed by atoms with van der Waals surface area (Å²) in [5.74, 6) is -0.928. The van der Waals surface area contributed by atoms with Crippen LogP contribution in [0.25, 0.3) is 11.4 Å². The molecule has 0 unspecified atom stereocenters. The maximum absolute atomic E-state index is 13.8. The summed E-state index contributed by atoms with van der Waals surface area (Å²) in [6, 6.07) is 10.0. The van der Waals surface area contributed by atoms with E-state index < -0.39 is 17.5 Å². The summed E-state index contributed by atoms with van der Waals surface area (Å²) in [6.07, 6.45) is 0. The van der Waals surface area contributed by atoms with Gasteiger partial charge in [0.1, 0.15) is 11.6 Å². The molecule has 6 nitrogen and oxygen atoms in total. The Morgan fingerprint density at radius 3 is 2.52 bits per heavy atom. The van der Waals surface area contributed by atoms with Crippen LogP contribution in [0.3, 0.4) is 0 Å². The smallest absolute Gasteiger partial charge is 0.257 e. The third-order valence-electron chi connectivity index (χ3n) is 4.75. The molecular formula is C20H17ClF2N4O2. The van der Waals surface area contributed by atoms with E-state index in [0.29, 0.717) is 49.5 Å². The van der Waals surface area contributed by atoms with Gasteiger partial charge >= 0.3 is 0 Å². The van der Waals surface area contributed by atoms with Crippen molar-refractivity contribution in [3.8, 4) is 11.4 Å². The van der Waals surface area contributed by atoms with Crippen LogP contribution in [-0.2, 0) is 6.54 Å². The quantitative estimate of drug-likeness (QED) is 0.647. The van der Waals surface area contributed by atoms with Gasteiger partial charge in [-0.1, -0.05) is 16.8 Å². The fourth-order valence-corrected chi connectivity index (χ4v) is 3.29. The number of amides is 1. The van der Waals surface area contributed by atoms with Crippen molar-refractivity contribution >= 4 is 17.5 Å². The zero-order chi connectivity index (χ0) is 20.4. The summed E-state index contributed by atoms with van der Waals surface area (Å²) < 4.78 is 32.5. The molecule has 0 atom stereocenters. The number of carbonyl (C=O) groups excluding carboxylic acids is 1. The van der Waals surface area contributed by atoms with E-state index in [2.05, 4.69) is 15.0 Å². The second-order valence-electron chi connectivity index (χ2n) is 6.71. The Bertz CT molecular complexity index is 1020. The van der Waals surface area contributed by atoms with E-state index in [1.54, 1.807) is 12.1 Å². The topological polar surface area (TPSA) is 62.5 Å². The molecule has 1 aliphatic heterocycles. The predicted molar refractivity (Wildman–Crippen MR) is 102 cm³/mol. The molecule has 1 fully saturated rings. The number of hydrogen-bond donors (Lipinski definition) is 0. The molecule has 1 aromatic heterocycles. The van der Waals surface area contributed by atoms with E-state index >= 15 is 0 Å². The summed E-state index contributed by atoms with van der Waals surface area (Å²) in [7, 11) is 0. The van der Waals surface area contributed by atoms with Crippen LogP contribution in [0, 0.1) is 11.6 Å². The number of aromatic nitrogens is 2. The van der Waals surface area contributed by atoms with Crippen molar-refractivity contribution in [2.75, 3.05) is 26.2 Å². The first-order chi connectivity index (χ1) is 14.0. The Labute approximate surface area is 170 Å². The fraction of sp³-hybridized carbons (Fsp3) is 0.250. The minimum Gasteiger partial charge on any atom is -0.338 e. The molecule has 29 heavy (non-hydrogen) atoms. The highest BCUT2D eigenvalue weighted by Gasteiger charge is 2.25. The molecule has 1 amide bonds. The summed E-state index contributed by atoms with van der Waals surface area (Å²) in [5.41, 5.74) is 0.555. The van der Waals surface area contributed by atoms with Crippen LogP contribution in [0.4, 0.5) is 8.78 Å². The molecule has 0 radical (unpaired) electrons. The molecule has 0 aliphatic carbocycles. The number of rotatable bonds is 4. The van der Waals surface area contributed by atoms with E-state index in [1.807, 2.05) is 12.1 Å². The van der Waals surface area contributed by atoms with Gasteiger partial charge in [-0.05, 0) is 42.5 Å². The monoisotopic (exact) mass is 418 g/mol. The Morgan fingerprint density at radius 2 is 1.79 bits per heavy atom. The van der Waals surface area contributed by atoms with Crippen molar-refractivity contribution in [2.24, 2.45) is 0 Å². The van der Waals surface area contributed by atoms with Crippen molar-refractivity contribution in [3.63, 3.8) is 0 Å². The fourth-order valence-electron chi connectivity index (χ4n) is 3.17. The third-order valence-corrected chi connectivity index (χ3v) is 5.00. The van der Waals surface area contributed by atoms with Crippen molar-refractivity contribution in [1.82, 2.24) is 19.9 Å². The molecule has 1 saturated heterocycles. The lowest BCUT2D eigenvalue weighted by atomic mass is 10.1. The summed E-state index contributed by atoms with van der Waals surface area (Å²) in [6.45, 7) is 2.35. The molecule has 1 aliphatic rings. The molecule has 2 heterocycles. The van der Waals surface area contributed by atoms with Gasteiger partial charge in [-0.25, -0.2) is 8.78 Å². The third kappa shape index (κ3) is 4.44. The number of halogens is 3. The predicted octanol–water partition coefficient (Wildman–Crippen LogP) is 3.63. The van der Waals surface area contributed by atoms with Crippen LogP contribution in [-0.4, -0.2) is 52.0 Å². The van der Waals surface area contributed by atoms with Gasteiger partial charge in [0.2, 0.25) is 11.7 Å². The Hall–Kier alpha value is -2.84. The van der Waals surface area contributed by atoms with Gasteiger partial charge in [0.15, 0.2) is 0 Å². The lowest BCUT2D eigenvalue weighted by Crippen LogP contribution is -2.48. The molecule has 0 bridgehead atoms. The van der Waals surface area contributed by atoms with Crippen molar-refractivity contribution in [1.29, 1.82) is 0 Å². The first-order valence-electron chi connectivity index (χ1n) is 9.05. The number of hydrogen-bond acceptors (Lipinski definition) is 5. The Morgan fingerprint density at radius 1 is 1.07 bits per heavy atom. The van der Waals surface area contributed by atoms with Crippen molar-refractivity contribution < 1.29 is 18.1 Å². The van der Waals surface area contributed by atoms with E-state index in [9.17, 15) is 13.6 Å². The average Bonchev–Trinajstić information content (AvgIpc) is 3.19. The van der Waals surface area contributed by atoms with E-state index in [1.165, 1.54) is 4.90 Å². The number of benzene rings is 2. The molecular weight excluding hydrogens is 402 g/mol. The number of carbonyl (C=O) groups is 1. The largest absolute Gasteiger partial charge is 0.338 e. The molecule has 2 aromatic carbocycles. The molecule has 0 saturated carbocycles. The van der Waals surface area contributed by atoms with Gasteiger partial charge in [0.05, 0.1) is 12.1 Å². The van der Waals surface area contributed by atoms with Gasteiger partial charge in [-0.15, -0.1) is 0 Å². The van der Waals surface area contributed by atoms with Gasteiger partial charge < -0.3 is 9.42 Å². The van der Waals surface area contributed by atoms with Crippen LogP contribution in [0.2, 0.25) is 5.02 Å². The minimum atomic E-state index is -0.723. The molecule has 150 valence electrons. The number of nitrogens with zero attached hydrogens (tertiary/aromatic N) is 4. The van der Waals surface area contributed by atoms with Crippen LogP contribution in [0.5, 0.6) is 0 Å². The lowest BCUT2D eigenvalue weighted by molar-refractivity contribution is 0.0610. The van der Waals surface area contributed by atoms with Crippen LogP contribution in [0.1, 0.15) is 16.2 Å². The second kappa shape index (κ2) is 8.26. The molecule has 9 heteroatoms. The highest BCUT2D eigenvalue weighted by Crippen LogP contribution is 2.20. The average molecular weight is 419 g/mol. The van der Waals surface area contributed by atoms with Crippen LogP contribution < -0.4 is 0 Å². The van der Waals surface area contributed by atoms with E-state index in [-0.39, 0.29) is 5.56 Å². The maximum Gasteiger partial charge on any atom is 0.257 e. The summed E-state index contributed by atoms with van der Waals surface area (Å²) in [4.78, 5) is 20.4. The zero-order valence-electron chi connectivity index (χ0n) is 15.3. The van der Waals surface area contributed by atoms with Crippen molar-refractivity contribution in [3.05, 3.63) is 70.6 Å². The van der Waals surface area contributed by atoms with Gasteiger partial charge in [-0.2, -0.15) is 4.98 Å². The number of piperazine rings is 1. The molecule has 3 aromatic rings. The highest BCUT2D eigenvalue weighted by atomic mass is 35.5. The highest BCUT2D eigenvalue weighted by molar-refractivity contribution is 6.30. The first kappa shape index (κ1) is 19.5. The zero-order valence-corrected chi connectivity index (χ0v) is 16.1. The normalized spacial score (nSPS) is 14.9. The Kier molecular flexibility index (Phi) is 5.55. The molecule has 0 N–H and O–H groups in total. The van der Waals surface area contributed by atoms with Crippen LogP contribution >= 0.6 is 11.6 Å². The van der Waals surface area contributed by atoms with Crippen molar-refractivity contribution in [2.45, 2.75) is 6.54 Å². The summed E-state index contributed by atoms with van der Waals surface area (Å²) in [5, 5.41) is 4.61. The first-order valence-corrected chi connectivity index (χ1v) is 9.42. The molecule has 0 spiro atoms. The molecule has 4 rings (SSSR count). The summed E-state index contributed by atoms with van der Waals surface area (Å²) >= 11 is 5.88.